The molecule has 1 saturated heterocycles. The Balaban J connectivity index is 0. The van der Waals surface area contributed by atoms with Gasteiger partial charge in [-0.15, -0.1) is 0 Å². The van der Waals surface area contributed by atoms with Gasteiger partial charge in [-0.25, -0.2) is 0 Å². The first-order chi connectivity index (χ1) is 3.91. The second-order valence-corrected chi connectivity index (χ2v) is 2.00. The van der Waals surface area contributed by atoms with E-state index >= 15 is 0 Å². The van der Waals surface area contributed by atoms with Crippen molar-refractivity contribution in [1.29, 1.82) is 0 Å². The van der Waals surface area contributed by atoms with E-state index in [0.29, 0.717) is 0 Å². The van der Waals surface area contributed by atoms with Gasteiger partial charge in [0.05, 0.1) is 0 Å². The molecule has 4 heteroatoms. The molecule has 1 heterocycles. The fraction of sp³-hybridized carbons (Fsp3) is 1.00. The lowest BCUT2D eigenvalue weighted by molar-refractivity contribution is 0.669. The average molecular weight is 153 g/mol. The minimum absolute atomic E-state index is 0. The number of rotatable bonds is 0. The van der Waals surface area contributed by atoms with E-state index in [4.69, 9.17) is 4.55 Å². The molecule has 58 valence electrons. The molecule has 9 heavy (non-hydrogen) atoms. The van der Waals surface area contributed by atoms with Crippen molar-refractivity contribution in [1.82, 2.24) is 5.32 Å². The molecule has 0 spiro atoms. The van der Waals surface area contributed by atoms with Gasteiger partial charge in [-0.3, -0.25) is 0 Å². The molecule has 3 nitrogen and oxygen atoms in total. The van der Waals surface area contributed by atoms with Gasteiger partial charge in [0.1, 0.15) is 0 Å². The second-order valence-electron chi connectivity index (χ2n) is 1.64. The lowest BCUT2D eigenvalue weighted by Gasteiger charge is -1.76. The first-order valence-electron chi connectivity index (χ1n) is 2.80. The van der Waals surface area contributed by atoms with Crippen LogP contribution in [0.4, 0.5) is 0 Å². The summed E-state index contributed by atoms with van der Waals surface area (Å²) in [5.41, 5.74) is 0. The van der Waals surface area contributed by atoms with Crippen molar-refractivity contribution in [2.24, 2.45) is 0 Å². The molecule has 0 atom stereocenters. The molecule has 1 aliphatic rings. The molecule has 0 unspecified atom stereocenters. The summed E-state index contributed by atoms with van der Waals surface area (Å²) in [5, 5.41) is 3.22. The van der Waals surface area contributed by atoms with E-state index in [0.717, 1.165) is 12.0 Å². The van der Waals surface area contributed by atoms with Crippen molar-refractivity contribution in [2.75, 3.05) is 19.3 Å². The highest BCUT2D eigenvalue weighted by molar-refractivity contribution is 7.93. The predicted molar refractivity (Wildman–Crippen MR) is 41.9 cm³/mol. The highest BCUT2D eigenvalue weighted by atomic mass is 32.2. The Hall–Kier alpha value is 0.230. The van der Waals surface area contributed by atoms with Gasteiger partial charge in [0.15, 0.2) is 0 Å². The fourth-order valence-corrected chi connectivity index (χ4v) is 0.625. The SMILES string of the molecule is C1CCNC1.CSO.O. The van der Waals surface area contributed by atoms with Crippen LogP contribution in [0.5, 0.6) is 0 Å². The molecule has 1 fully saturated rings. The van der Waals surface area contributed by atoms with Crippen molar-refractivity contribution in [3.8, 4) is 0 Å². The van der Waals surface area contributed by atoms with Gasteiger partial charge >= 0.3 is 0 Å². The average Bonchev–Trinajstić information content (AvgIpc) is 2.17. The fourth-order valence-electron chi connectivity index (χ4n) is 0.625. The van der Waals surface area contributed by atoms with Crippen LogP contribution in [0.2, 0.25) is 0 Å². The zero-order valence-corrected chi connectivity index (χ0v) is 6.50. The molecule has 0 bridgehead atoms. The smallest absolute Gasteiger partial charge is 0.00795 e. The monoisotopic (exact) mass is 153 g/mol. The van der Waals surface area contributed by atoms with E-state index in [-0.39, 0.29) is 5.48 Å². The third-order valence-electron chi connectivity index (χ3n) is 0.957. The maximum atomic E-state index is 7.49. The standard InChI is InChI=1S/C4H9N.CH4OS.H2O/c1-2-4-5-3-1;1-3-2;/h5H,1-4H2;2H,1H3;1H2. The van der Waals surface area contributed by atoms with Gasteiger partial charge in [-0.05, 0) is 38.0 Å². The summed E-state index contributed by atoms with van der Waals surface area (Å²) >= 11 is 0.750. The summed E-state index contributed by atoms with van der Waals surface area (Å²) in [6.07, 6.45) is 4.38. The third kappa shape index (κ3) is 11.7. The van der Waals surface area contributed by atoms with Crippen LogP contribution in [-0.2, 0) is 0 Å². The molecular weight excluding hydrogens is 138 g/mol. The first-order valence-corrected chi connectivity index (χ1v) is 3.98. The molecular formula is C5H15NO2S. The Morgan fingerprint density at radius 2 is 1.67 bits per heavy atom. The molecule has 1 aliphatic heterocycles. The van der Waals surface area contributed by atoms with E-state index in [1.807, 2.05) is 0 Å². The van der Waals surface area contributed by atoms with Crippen LogP contribution in [0.25, 0.3) is 0 Å². The van der Waals surface area contributed by atoms with Gasteiger partial charge in [-0.1, -0.05) is 0 Å². The van der Waals surface area contributed by atoms with Gasteiger partial charge in [0.2, 0.25) is 0 Å². The Morgan fingerprint density at radius 1 is 1.33 bits per heavy atom. The van der Waals surface area contributed by atoms with Gasteiger partial charge in [-0.2, -0.15) is 0 Å². The van der Waals surface area contributed by atoms with Crippen LogP contribution >= 0.6 is 12.0 Å². The van der Waals surface area contributed by atoms with Crippen LogP contribution in [0.1, 0.15) is 12.8 Å². The van der Waals surface area contributed by atoms with Crippen molar-refractivity contribution in [3.05, 3.63) is 0 Å². The molecule has 0 aromatic carbocycles. The van der Waals surface area contributed by atoms with Crippen molar-refractivity contribution in [2.45, 2.75) is 12.8 Å². The van der Waals surface area contributed by atoms with Crippen LogP contribution in [-0.4, -0.2) is 29.4 Å². The lowest BCUT2D eigenvalue weighted by Crippen LogP contribution is -2.03. The minimum Gasteiger partial charge on any atom is -0.412 e. The molecule has 4 N–H and O–H groups in total. The maximum absolute atomic E-state index is 7.49. The van der Waals surface area contributed by atoms with E-state index in [2.05, 4.69) is 5.32 Å². The third-order valence-corrected chi connectivity index (χ3v) is 0.957. The summed E-state index contributed by atoms with van der Waals surface area (Å²) in [6, 6.07) is 0. The van der Waals surface area contributed by atoms with E-state index in [1.54, 1.807) is 6.26 Å². The molecule has 0 amide bonds. The molecule has 1 rings (SSSR count). The largest absolute Gasteiger partial charge is 0.412 e. The van der Waals surface area contributed by atoms with Crippen LogP contribution in [0.15, 0.2) is 0 Å². The Kier molecular flexibility index (Phi) is 14.7. The van der Waals surface area contributed by atoms with Crippen LogP contribution in [0, 0.1) is 0 Å². The van der Waals surface area contributed by atoms with Crippen molar-refractivity contribution >= 4 is 12.0 Å². The summed E-state index contributed by atoms with van der Waals surface area (Å²) in [4.78, 5) is 0. The molecule has 0 saturated carbocycles. The van der Waals surface area contributed by atoms with E-state index in [9.17, 15) is 0 Å². The Bertz CT molecular complexity index is 34.3. The number of hydrogen-bond donors (Lipinski definition) is 2. The molecule has 0 aromatic rings. The highest BCUT2D eigenvalue weighted by Gasteiger charge is 1.93. The minimum atomic E-state index is 0. The van der Waals surface area contributed by atoms with Crippen LogP contribution in [0.3, 0.4) is 0 Å². The Morgan fingerprint density at radius 3 is 1.78 bits per heavy atom. The Labute approximate surface area is 60.4 Å². The zero-order chi connectivity index (χ0) is 6.24. The van der Waals surface area contributed by atoms with Crippen molar-refractivity contribution < 1.29 is 10.0 Å². The second kappa shape index (κ2) is 11.1. The normalized spacial score (nSPS) is 15.3. The molecule has 0 aromatic heterocycles. The first kappa shape index (κ1) is 12.0. The lowest BCUT2D eigenvalue weighted by atomic mass is 10.4. The predicted octanol–water partition coefficient (Wildman–Crippen LogP) is 0.367. The number of nitrogens with one attached hydrogen (secondary N) is 1. The molecule has 0 aliphatic carbocycles. The van der Waals surface area contributed by atoms with Crippen molar-refractivity contribution in [3.63, 3.8) is 0 Å². The van der Waals surface area contributed by atoms with Gasteiger partial charge in [0, 0.05) is 6.26 Å². The van der Waals surface area contributed by atoms with Gasteiger partial charge in [0.25, 0.3) is 0 Å². The number of hydrogen-bond acceptors (Lipinski definition) is 3. The topological polar surface area (TPSA) is 63.8 Å². The quantitative estimate of drug-likeness (QED) is 0.494. The molecule has 0 radical (unpaired) electrons. The highest BCUT2D eigenvalue weighted by Crippen LogP contribution is 1.90. The summed E-state index contributed by atoms with van der Waals surface area (Å²) in [5.74, 6) is 0. The maximum Gasteiger partial charge on any atom is 0.00795 e. The van der Waals surface area contributed by atoms with Crippen LogP contribution < -0.4 is 5.32 Å². The zero-order valence-electron chi connectivity index (χ0n) is 5.68. The summed E-state index contributed by atoms with van der Waals surface area (Å²) in [6.45, 7) is 2.50. The van der Waals surface area contributed by atoms with E-state index < -0.39 is 0 Å². The van der Waals surface area contributed by atoms with Gasteiger partial charge < -0.3 is 15.3 Å². The van der Waals surface area contributed by atoms with E-state index in [1.165, 1.54) is 25.9 Å². The summed E-state index contributed by atoms with van der Waals surface area (Å²) in [7, 11) is 0. The summed E-state index contributed by atoms with van der Waals surface area (Å²) < 4.78 is 7.49.